The van der Waals surface area contributed by atoms with Crippen LogP contribution >= 0.6 is 0 Å². The van der Waals surface area contributed by atoms with Gasteiger partial charge in [-0.05, 0) is 12.8 Å². The highest BCUT2D eigenvalue weighted by Crippen LogP contribution is 2.31. The summed E-state index contributed by atoms with van der Waals surface area (Å²) in [6.07, 6.45) is 9.70. The van der Waals surface area contributed by atoms with Crippen LogP contribution in [0.5, 0.6) is 0 Å². The molecule has 0 aromatic carbocycles. The SMILES string of the molecule is CCCCCCCCC(CCOCCC#N)C(OC)(OC)OC. The highest BCUT2D eigenvalue weighted by atomic mass is 16.9. The largest absolute Gasteiger partial charge is 0.380 e. The molecule has 0 radical (unpaired) electrons. The van der Waals surface area contributed by atoms with E-state index in [0.717, 1.165) is 19.3 Å². The first-order valence-corrected chi connectivity index (χ1v) is 8.80. The lowest BCUT2D eigenvalue weighted by atomic mass is 9.94. The molecular formula is C18H35NO4. The van der Waals surface area contributed by atoms with E-state index < -0.39 is 5.97 Å². The Labute approximate surface area is 142 Å². The number of nitrogens with zero attached hydrogens (tertiary/aromatic N) is 1. The lowest BCUT2D eigenvalue weighted by Crippen LogP contribution is -2.44. The molecule has 0 aliphatic heterocycles. The van der Waals surface area contributed by atoms with Gasteiger partial charge in [0.2, 0.25) is 0 Å². The third kappa shape index (κ3) is 9.26. The molecule has 0 fully saturated rings. The number of hydrogen-bond donors (Lipinski definition) is 0. The second kappa shape index (κ2) is 14.9. The van der Waals surface area contributed by atoms with E-state index in [1.54, 1.807) is 21.3 Å². The van der Waals surface area contributed by atoms with Crippen LogP contribution in [0.25, 0.3) is 0 Å². The predicted octanol–water partition coefficient (Wildman–Crippen LogP) is 4.27. The number of methoxy groups -OCH3 is 3. The summed E-state index contributed by atoms with van der Waals surface area (Å²) in [4.78, 5) is 0. The third-order valence-electron chi connectivity index (χ3n) is 4.23. The second-order valence-electron chi connectivity index (χ2n) is 5.78. The summed E-state index contributed by atoms with van der Waals surface area (Å²) in [6.45, 7) is 3.28. The van der Waals surface area contributed by atoms with Crippen molar-refractivity contribution in [2.24, 2.45) is 5.92 Å². The zero-order chi connectivity index (χ0) is 17.4. The van der Waals surface area contributed by atoms with Gasteiger partial charge in [0, 0.05) is 33.9 Å². The van der Waals surface area contributed by atoms with Crippen LogP contribution in [-0.2, 0) is 18.9 Å². The Balaban J connectivity index is 4.34. The van der Waals surface area contributed by atoms with E-state index in [0.29, 0.717) is 19.6 Å². The van der Waals surface area contributed by atoms with Gasteiger partial charge < -0.3 is 18.9 Å². The molecular weight excluding hydrogens is 294 g/mol. The third-order valence-corrected chi connectivity index (χ3v) is 4.23. The molecule has 0 N–H and O–H groups in total. The van der Waals surface area contributed by atoms with Gasteiger partial charge in [-0.1, -0.05) is 45.4 Å². The van der Waals surface area contributed by atoms with Crippen LogP contribution in [0.1, 0.15) is 64.7 Å². The highest BCUT2D eigenvalue weighted by molar-refractivity contribution is 4.72. The standard InChI is InChI=1S/C18H35NO4/c1-5-6-7-8-9-10-12-17(13-16-23-15-11-14-19)18(20-2,21-3)22-4/h17H,5-13,15-16H2,1-4H3. The van der Waals surface area contributed by atoms with Crippen molar-refractivity contribution < 1.29 is 18.9 Å². The summed E-state index contributed by atoms with van der Waals surface area (Å²) in [6, 6.07) is 2.08. The topological polar surface area (TPSA) is 60.7 Å². The van der Waals surface area contributed by atoms with Crippen LogP contribution in [0.4, 0.5) is 0 Å². The minimum absolute atomic E-state index is 0.107. The summed E-state index contributed by atoms with van der Waals surface area (Å²) in [5.41, 5.74) is 0. The molecule has 5 nitrogen and oxygen atoms in total. The molecule has 0 rings (SSSR count). The Bertz CT molecular complexity index is 292. The fraction of sp³-hybridized carbons (Fsp3) is 0.944. The first kappa shape index (κ1) is 22.3. The molecule has 0 amide bonds. The maximum Gasteiger partial charge on any atom is 0.285 e. The van der Waals surface area contributed by atoms with Crippen LogP contribution in [0.3, 0.4) is 0 Å². The van der Waals surface area contributed by atoms with Gasteiger partial charge in [-0.2, -0.15) is 5.26 Å². The lowest BCUT2D eigenvalue weighted by Gasteiger charge is -2.36. The van der Waals surface area contributed by atoms with Crippen molar-refractivity contribution >= 4 is 0 Å². The van der Waals surface area contributed by atoms with Crippen LogP contribution in [-0.4, -0.2) is 40.5 Å². The smallest absolute Gasteiger partial charge is 0.285 e. The molecule has 0 heterocycles. The zero-order valence-electron chi connectivity index (χ0n) is 15.4. The summed E-state index contributed by atoms with van der Waals surface area (Å²) >= 11 is 0. The Morgan fingerprint density at radius 1 is 0.870 bits per heavy atom. The number of hydrogen-bond acceptors (Lipinski definition) is 5. The molecule has 0 aromatic rings. The molecule has 5 heteroatoms. The first-order valence-electron chi connectivity index (χ1n) is 8.80. The number of rotatable bonds is 16. The summed E-state index contributed by atoms with van der Waals surface area (Å²) in [7, 11) is 4.83. The Kier molecular flexibility index (Phi) is 14.5. The molecule has 0 spiro atoms. The molecule has 136 valence electrons. The second-order valence-corrected chi connectivity index (χ2v) is 5.78. The van der Waals surface area contributed by atoms with Gasteiger partial charge >= 0.3 is 0 Å². The van der Waals surface area contributed by atoms with E-state index in [2.05, 4.69) is 13.0 Å². The van der Waals surface area contributed by atoms with Crippen molar-refractivity contribution in [3.05, 3.63) is 0 Å². The maximum atomic E-state index is 8.53. The van der Waals surface area contributed by atoms with Crippen molar-refractivity contribution in [3.8, 4) is 6.07 Å². The van der Waals surface area contributed by atoms with E-state index >= 15 is 0 Å². The average molecular weight is 329 g/mol. The van der Waals surface area contributed by atoms with E-state index in [9.17, 15) is 0 Å². The fourth-order valence-corrected chi connectivity index (χ4v) is 2.86. The molecule has 0 bridgehead atoms. The fourth-order valence-electron chi connectivity index (χ4n) is 2.86. The molecule has 0 saturated carbocycles. The normalized spacial score (nSPS) is 13.0. The number of nitriles is 1. The Morgan fingerprint density at radius 2 is 1.48 bits per heavy atom. The van der Waals surface area contributed by atoms with Gasteiger partial charge in [0.25, 0.3) is 5.97 Å². The maximum absolute atomic E-state index is 8.53. The summed E-state index contributed by atoms with van der Waals surface area (Å²) in [5.74, 6) is -0.905. The molecule has 0 saturated heterocycles. The zero-order valence-corrected chi connectivity index (χ0v) is 15.4. The predicted molar refractivity (Wildman–Crippen MR) is 90.9 cm³/mol. The van der Waals surface area contributed by atoms with Crippen molar-refractivity contribution in [2.45, 2.75) is 70.7 Å². The monoisotopic (exact) mass is 329 g/mol. The summed E-state index contributed by atoms with van der Waals surface area (Å²) < 4.78 is 22.1. The van der Waals surface area contributed by atoms with Gasteiger partial charge in [0.05, 0.1) is 19.1 Å². The van der Waals surface area contributed by atoms with Crippen molar-refractivity contribution in [2.75, 3.05) is 34.5 Å². The molecule has 23 heavy (non-hydrogen) atoms. The van der Waals surface area contributed by atoms with Gasteiger partial charge in [-0.3, -0.25) is 0 Å². The average Bonchev–Trinajstić information content (AvgIpc) is 2.58. The Hall–Kier alpha value is -0.670. The quantitative estimate of drug-likeness (QED) is 0.313. The van der Waals surface area contributed by atoms with Crippen molar-refractivity contribution in [3.63, 3.8) is 0 Å². The van der Waals surface area contributed by atoms with E-state index in [1.807, 2.05) is 0 Å². The first-order chi connectivity index (χ1) is 11.2. The molecule has 0 aliphatic rings. The minimum Gasteiger partial charge on any atom is -0.380 e. The molecule has 1 unspecified atom stereocenters. The number of unbranched alkanes of at least 4 members (excludes halogenated alkanes) is 5. The minimum atomic E-state index is -1.01. The van der Waals surface area contributed by atoms with E-state index in [-0.39, 0.29) is 5.92 Å². The molecule has 1 atom stereocenters. The van der Waals surface area contributed by atoms with Gasteiger partial charge in [0.1, 0.15) is 0 Å². The Morgan fingerprint density at radius 3 is 2.04 bits per heavy atom. The summed E-state index contributed by atoms with van der Waals surface area (Å²) in [5, 5.41) is 8.53. The number of ether oxygens (including phenoxy) is 4. The van der Waals surface area contributed by atoms with Crippen LogP contribution in [0.2, 0.25) is 0 Å². The molecule has 0 aliphatic carbocycles. The van der Waals surface area contributed by atoms with Crippen molar-refractivity contribution in [1.82, 2.24) is 0 Å². The van der Waals surface area contributed by atoms with E-state index in [4.69, 9.17) is 24.2 Å². The van der Waals surface area contributed by atoms with Crippen LogP contribution in [0.15, 0.2) is 0 Å². The van der Waals surface area contributed by atoms with Crippen LogP contribution < -0.4 is 0 Å². The molecule has 0 aromatic heterocycles. The van der Waals surface area contributed by atoms with Gasteiger partial charge in [-0.15, -0.1) is 0 Å². The van der Waals surface area contributed by atoms with Gasteiger partial charge in [0.15, 0.2) is 0 Å². The van der Waals surface area contributed by atoms with Crippen molar-refractivity contribution in [1.29, 1.82) is 5.26 Å². The van der Waals surface area contributed by atoms with E-state index in [1.165, 1.54) is 32.1 Å². The van der Waals surface area contributed by atoms with Gasteiger partial charge in [-0.25, -0.2) is 0 Å². The lowest BCUT2D eigenvalue weighted by molar-refractivity contribution is -0.381. The highest BCUT2D eigenvalue weighted by Gasteiger charge is 2.39. The van der Waals surface area contributed by atoms with Crippen LogP contribution in [0, 0.1) is 17.2 Å².